The Labute approximate surface area is 118 Å². The van der Waals surface area contributed by atoms with Crippen LogP contribution in [0.1, 0.15) is 6.23 Å². The number of halogens is 1. The summed E-state index contributed by atoms with van der Waals surface area (Å²) in [5.41, 5.74) is 3.44. The molecule has 8 heteroatoms. The van der Waals surface area contributed by atoms with Gasteiger partial charge in [0.05, 0.1) is 5.39 Å². The second kappa shape index (κ2) is 4.51. The summed E-state index contributed by atoms with van der Waals surface area (Å²) in [5, 5.41) is 10.3. The number of nitrogens with two attached hydrogens (primary N) is 1. The first-order valence-electron chi connectivity index (χ1n) is 6.05. The third-order valence-corrected chi connectivity index (χ3v) is 3.54. The number of nitrogens with zero attached hydrogens (tertiary/aromatic N) is 3. The number of hydrogen-bond donors (Lipinski definition) is 2. The molecule has 4 atom stereocenters. The molecule has 7 nitrogen and oxygen atoms in total. The van der Waals surface area contributed by atoms with Gasteiger partial charge in [0.15, 0.2) is 12.5 Å². The monoisotopic (exact) mass is 290 g/mol. The van der Waals surface area contributed by atoms with Crippen LogP contribution in [0.4, 0.5) is 10.2 Å². The van der Waals surface area contributed by atoms with E-state index < -0.39 is 24.1 Å². The van der Waals surface area contributed by atoms with Gasteiger partial charge in [-0.3, -0.25) is 0 Å². The quantitative estimate of drug-likeness (QED) is 0.587. The molecule has 3 rings (SSSR count). The van der Waals surface area contributed by atoms with Gasteiger partial charge in [0.1, 0.15) is 30.0 Å². The van der Waals surface area contributed by atoms with Crippen LogP contribution >= 0.6 is 0 Å². The lowest BCUT2D eigenvalue weighted by molar-refractivity contribution is -0.122. The zero-order valence-corrected chi connectivity index (χ0v) is 10.7. The lowest BCUT2D eigenvalue weighted by Gasteiger charge is -2.23. The minimum atomic E-state index is -2.56. The summed E-state index contributed by atoms with van der Waals surface area (Å²) in [6, 6.07) is 1.57. The van der Waals surface area contributed by atoms with Crippen LogP contribution in [-0.2, 0) is 9.53 Å². The van der Waals surface area contributed by atoms with E-state index in [1.807, 2.05) is 5.92 Å². The Kier molecular flexibility index (Phi) is 2.90. The van der Waals surface area contributed by atoms with E-state index in [0.29, 0.717) is 17.3 Å². The molecule has 0 aromatic carbocycles. The lowest BCUT2D eigenvalue weighted by Crippen LogP contribution is -2.41. The van der Waals surface area contributed by atoms with E-state index >= 15 is 0 Å². The number of ether oxygens (including phenoxy) is 1. The molecule has 0 aliphatic carbocycles. The highest BCUT2D eigenvalue weighted by Crippen LogP contribution is 2.42. The molecule has 0 radical (unpaired) electrons. The zero-order valence-electron chi connectivity index (χ0n) is 10.7. The lowest BCUT2D eigenvalue weighted by atomic mass is 9.97. The van der Waals surface area contributed by atoms with Gasteiger partial charge in [-0.05, 0) is 6.07 Å². The van der Waals surface area contributed by atoms with E-state index in [1.165, 1.54) is 17.1 Å². The number of nitrogen functional groups attached to an aromatic ring is 1. The maximum absolute atomic E-state index is 14.9. The molecule has 1 aliphatic rings. The number of aromatic nitrogens is 3. The summed E-state index contributed by atoms with van der Waals surface area (Å²) in [4.78, 5) is 18.7. The molecule has 21 heavy (non-hydrogen) atoms. The summed E-state index contributed by atoms with van der Waals surface area (Å²) in [6.45, 7) is 0. The molecule has 0 bridgehead atoms. The molecule has 3 N–H and O–H groups in total. The van der Waals surface area contributed by atoms with Crippen LogP contribution in [0.5, 0.6) is 0 Å². The van der Waals surface area contributed by atoms with Gasteiger partial charge in [-0.1, -0.05) is 5.92 Å². The van der Waals surface area contributed by atoms with E-state index in [1.54, 1.807) is 6.07 Å². The minimum absolute atomic E-state index is 0.217. The Balaban J connectivity index is 2.16. The van der Waals surface area contributed by atoms with Crippen LogP contribution in [0.25, 0.3) is 11.0 Å². The summed E-state index contributed by atoms with van der Waals surface area (Å²) in [7, 11) is 0. The Morgan fingerprint density at radius 1 is 1.62 bits per heavy atom. The highest BCUT2D eigenvalue weighted by molar-refractivity contribution is 5.86. The first-order chi connectivity index (χ1) is 10.0. The van der Waals surface area contributed by atoms with Gasteiger partial charge in [0, 0.05) is 6.20 Å². The summed E-state index contributed by atoms with van der Waals surface area (Å²) < 4.78 is 21.4. The topological polar surface area (TPSA) is 103 Å². The fraction of sp³-hybridized carbons (Fsp3) is 0.308. The Morgan fingerprint density at radius 3 is 3.05 bits per heavy atom. The number of anilines is 1. The van der Waals surface area contributed by atoms with Crippen molar-refractivity contribution in [2.45, 2.75) is 24.1 Å². The number of aliphatic hydroxyl groups is 1. The largest absolute Gasteiger partial charge is 0.385 e. The number of carbonyl (C=O) groups excluding carboxylic acids is 1. The average Bonchev–Trinajstić information content (AvgIpc) is 3.01. The van der Waals surface area contributed by atoms with Crippen LogP contribution in [-0.4, -0.2) is 43.8 Å². The maximum Gasteiger partial charge on any atom is 0.243 e. The first-order valence-corrected chi connectivity index (χ1v) is 6.05. The molecule has 4 unspecified atom stereocenters. The second-order valence-corrected chi connectivity index (χ2v) is 4.67. The zero-order chi connectivity index (χ0) is 15.2. The third-order valence-electron chi connectivity index (χ3n) is 3.54. The highest BCUT2D eigenvalue weighted by Gasteiger charge is 2.57. The Bertz CT molecular complexity index is 755. The fourth-order valence-electron chi connectivity index (χ4n) is 2.42. The van der Waals surface area contributed by atoms with Gasteiger partial charge in [0.2, 0.25) is 5.67 Å². The molecule has 0 amide bonds. The SMILES string of the molecule is C#CC1(F)C(O)C(C=O)OC1n1ccc2c(N)ncnc21. The van der Waals surface area contributed by atoms with Crippen molar-refractivity contribution in [1.82, 2.24) is 14.5 Å². The summed E-state index contributed by atoms with van der Waals surface area (Å²) in [5.74, 6) is 2.09. The fourth-order valence-corrected chi connectivity index (χ4v) is 2.42. The maximum atomic E-state index is 14.9. The number of aliphatic hydroxyl groups excluding tert-OH is 1. The van der Waals surface area contributed by atoms with Crippen molar-refractivity contribution in [2.24, 2.45) is 0 Å². The standard InChI is InChI=1S/C13H11FN4O3/c1-2-13(14)9(20)8(5-19)21-12(13)18-4-3-7-10(15)16-6-17-11(7)18/h1,3-6,8-9,12,20H,(H2,15,16,17). The Hall–Kier alpha value is -2.50. The minimum Gasteiger partial charge on any atom is -0.385 e. The number of alkyl halides is 1. The normalized spacial score (nSPS) is 32.1. The molecular formula is C13H11FN4O3. The number of aldehydes is 1. The van der Waals surface area contributed by atoms with Crippen LogP contribution in [0.2, 0.25) is 0 Å². The van der Waals surface area contributed by atoms with Gasteiger partial charge in [0.25, 0.3) is 0 Å². The van der Waals surface area contributed by atoms with E-state index in [2.05, 4.69) is 9.97 Å². The van der Waals surface area contributed by atoms with Crippen molar-refractivity contribution in [3.63, 3.8) is 0 Å². The van der Waals surface area contributed by atoms with Gasteiger partial charge in [-0.15, -0.1) is 6.42 Å². The van der Waals surface area contributed by atoms with Gasteiger partial charge < -0.3 is 24.9 Å². The smallest absolute Gasteiger partial charge is 0.243 e. The van der Waals surface area contributed by atoms with E-state index in [9.17, 15) is 14.3 Å². The predicted octanol–water partition coefficient (Wildman–Crippen LogP) is -0.188. The van der Waals surface area contributed by atoms with Crippen LogP contribution in [0, 0.1) is 12.3 Å². The molecule has 1 aliphatic heterocycles. The highest BCUT2D eigenvalue weighted by atomic mass is 19.1. The number of fused-ring (bicyclic) bond motifs is 1. The van der Waals surface area contributed by atoms with Crippen molar-refractivity contribution in [3.05, 3.63) is 18.6 Å². The molecule has 1 saturated heterocycles. The number of rotatable bonds is 2. The van der Waals surface area contributed by atoms with Gasteiger partial charge in [-0.25, -0.2) is 14.4 Å². The van der Waals surface area contributed by atoms with E-state index in [4.69, 9.17) is 16.9 Å². The molecular weight excluding hydrogens is 279 g/mol. The Morgan fingerprint density at radius 2 is 2.38 bits per heavy atom. The average molecular weight is 290 g/mol. The van der Waals surface area contributed by atoms with Crippen molar-refractivity contribution in [1.29, 1.82) is 0 Å². The molecule has 1 fully saturated rings. The predicted molar refractivity (Wildman–Crippen MR) is 70.6 cm³/mol. The second-order valence-electron chi connectivity index (χ2n) is 4.67. The third kappa shape index (κ3) is 1.72. The number of carbonyl (C=O) groups is 1. The van der Waals surface area contributed by atoms with Gasteiger partial charge in [-0.2, -0.15) is 0 Å². The van der Waals surface area contributed by atoms with E-state index in [0.717, 1.165) is 0 Å². The van der Waals surface area contributed by atoms with Crippen molar-refractivity contribution >= 4 is 23.1 Å². The molecule has 108 valence electrons. The number of hydrogen-bond acceptors (Lipinski definition) is 6. The van der Waals surface area contributed by atoms with Crippen molar-refractivity contribution in [2.75, 3.05) is 5.73 Å². The first kappa shape index (κ1) is 13.5. The molecule has 2 aromatic heterocycles. The van der Waals surface area contributed by atoms with Crippen LogP contribution in [0.15, 0.2) is 18.6 Å². The van der Waals surface area contributed by atoms with Crippen LogP contribution in [0.3, 0.4) is 0 Å². The summed E-state index contributed by atoms with van der Waals surface area (Å²) in [6.07, 6.45) is 3.68. The molecule has 0 spiro atoms. The molecule has 2 aromatic rings. The van der Waals surface area contributed by atoms with Crippen molar-refractivity contribution in [3.8, 4) is 12.3 Å². The van der Waals surface area contributed by atoms with E-state index in [-0.39, 0.29) is 5.82 Å². The molecule has 3 heterocycles. The summed E-state index contributed by atoms with van der Waals surface area (Å²) >= 11 is 0. The molecule has 0 saturated carbocycles. The van der Waals surface area contributed by atoms with Crippen molar-refractivity contribution < 1.29 is 19.0 Å². The van der Waals surface area contributed by atoms with Crippen LogP contribution < -0.4 is 5.73 Å². The van der Waals surface area contributed by atoms with Gasteiger partial charge >= 0.3 is 0 Å². The number of terminal acetylenes is 1.